The van der Waals surface area contributed by atoms with E-state index in [1.54, 1.807) is 11.8 Å². The van der Waals surface area contributed by atoms with Crippen LogP contribution in [0.5, 0.6) is 0 Å². The zero-order valence-electron chi connectivity index (χ0n) is 16.3. The van der Waals surface area contributed by atoms with Crippen LogP contribution in [0.25, 0.3) is 0 Å². The molecule has 2 aromatic carbocycles. The van der Waals surface area contributed by atoms with Crippen molar-refractivity contribution < 1.29 is 9.59 Å². The molecule has 0 N–H and O–H groups in total. The third-order valence-corrected chi connectivity index (χ3v) is 4.92. The number of amides is 2. The highest BCUT2D eigenvalue weighted by atomic mass is 16.2. The molecule has 0 bridgehead atoms. The van der Waals surface area contributed by atoms with E-state index in [0.29, 0.717) is 25.2 Å². The lowest BCUT2D eigenvalue weighted by molar-refractivity contribution is -0.116. The van der Waals surface area contributed by atoms with E-state index in [-0.39, 0.29) is 11.8 Å². The molecule has 5 nitrogen and oxygen atoms in total. The van der Waals surface area contributed by atoms with Crippen molar-refractivity contribution in [1.29, 1.82) is 0 Å². The standard InChI is InChI=1S/C22H27N3O2/c1-17(26)25-12-11-19-15-20(9-10-21(19)25)22(27)24(14-13-23(2)3)16-18-7-5-4-6-8-18/h4-10,15H,11-14,16H2,1-3H3. The summed E-state index contributed by atoms with van der Waals surface area (Å²) in [6.45, 7) is 4.33. The van der Waals surface area contributed by atoms with Gasteiger partial charge in [0.25, 0.3) is 5.91 Å². The van der Waals surface area contributed by atoms with Gasteiger partial charge in [0.15, 0.2) is 0 Å². The summed E-state index contributed by atoms with van der Waals surface area (Å²) < 4.78 is 0. The van der Waals surface area contributed by atoms with Crippen LogP contribution >= 0.6 is 0 Å². The summed E-state index contributed by atoms with van der Waals surface area (Å²) in [4.78, 5) is 30.7. The molecule has 0 unspecified atom stereocenters. The molecule has 0 saturated carbocycles. The number of likely N-dealkylation sites (N-methyl/N-ethyl adjacent to an activating group) is 1. The molecule has 2 aromatic rings. The van der Waals surface area contributed by atoms with Crippen molar-refractivity contribution in [2.45, 2.75) is 19.9 Å². The number of nitrogens with zero attached hydrogens (tertiary/aromatic N) is 3. The van der Waals surface area contributed by atoms with Crippen molar-refractivity contribution in [3.05, 3.63) is 65.2 Å². The van der Waals surface area contributed by atoms with Gasteiger partial charge in [0.1, 0.15) is 0 Å². The minimum Gasteiger partial charge on any atom is -0.333 e. The fourth-order valence-electron chi connectivity index (χ4n) is 3.42. The van der Waals surface area contributed by atoms with Gasteiger partial charge in [-0.3, -0.25) is 9.59 Å². The van der Waals surface area contributed by atoms with E-state index < -0.39 is 0 Å². The molecule has 142 valence electrons. The van der Waals surface area contributed by atoms with Crippen LogP contribution in [-0.2, 0) is 17.8 Å². The van der Waals surface area contributed by atoms with Crippen molar-refractivity contribution in [3.8, 4) is 0 Å². The molecule has 3 rings (SSSR count). The molecular weight excluding hydrogens is 338 g/mol. The van der Waals surface area contributed by atoms with Crippen molar-refractivity contribution in [2.24, 2.45) is 0 Å². The Bertz CT molecular complexity index is 818. The maximum absolute atomic E-state index is 13.2. The first-order valence-electron chi connectivity index (χ1n) is 9.34. The first-order chi connectivity index (χ1) is 13.0. The van der Waals surface area contributed by atoms with Gasteiger partial charge >= 0.3 is 0 Å². The van der Waals surface area contributed by atoms with Gasteiger partial charge < -0.3 is 14.7 Å². The fraction of sp³-hybridized carbons (Fsp3) is 0.364. The lowest BCUT2D eigenvalue weighted by atomic mass is 10.1. The minimum absolute atomic E-state index is 0.0322. The smallest absolute Gasteiger partial charge is 0.254 e. The number of hydrogen-bond donors (Lipinski definition) is 0. The highest BCUT2D eigenvalue weighted by molar-refractivity contribution is 5.97. The third kappa shape index (κ3) is 4.55. The Labute approximate surface area is 161 Å². The SMILES string of the molecule is CC(=O)N1CCc2cc(C(=O)N(CCN(C)C)Cc3ccccc3)ccc21. The quantitative estimate of drug-likeness (QED) is 0.791. The Balaban J connectivity index is 1.82. The monoisotopic (exact) mass is 365 g/mol. The van der Waals surface area contributed by atoms with Gasteiger partial charge in [0.05, 0.1) is 0 Å². The zero-order chi connectivity index (χ0) is 19.4. The molecule has 2 amide bonds. The normalized spacial score (nSPS) is 13.0. The summed E-state index contributed by atoms with van der Waals surface area (Å²) in [5.41, 5.74) is 3.81. The average molecular weight is 365 g/mol. The minimum atomic E-state index is 0.0322. The second kappa shape index (κ2) is 8.35. The average Bonchev–Trinajstić information content (AvgIpc) is 3.08. The number of carbonyl (C=O) groups is 2. The maximum Gasteiger partial charge on any atom is 0.254 e. The largest absolute Gasteiger partial charge is 0.333 e. The number of carbonyl (C=O) groups excluding carboxylic acids is 2. The van der Waals surface area contributed by atoms with Gasteiger partial charge in [-0.15, -0.1) is 0 Å². The molecule has 1 aliphatic rings. The van der Waals surface area contributed by atoms with Crippen LogP contribution in [-0.4, -0.2) is 55.3 Å². The Hall–Kier alpha value is -2.66. The van der Waals surface area contributed by atoms with Crippen LogP contribution in [0, 0.1) is 0 Å². The predicted octanol–water partition coefficient (Wildman–Crippen LogP) is 2.80. The van der Waals surface area contributed by atoms with Crippen molar-refractivity contribution in [2.75, 3.05) is 38.6 Å². The maximum atomic E-state index is 13.2. The molecule has 0 fully saturated rings. The molecule has 5 heteroatoms. The summed E-state index contributed by atoms with van der Waals surface area (Å²) >= 11 is 0. The Morgan fingerprint density at radius 2 is 1.78 bits per heavy atom. The van der Waals surface area contributed by atoms with Gasteiger partial charge in [-0.25, -0.2) is 0 Å². The van der Waals surface area contributed by atoms with Crippen molar-refractivity contribution in [1.82, 2.24) is 9.80 Å². The van der Waals surface area contributed by atoms with E-state index in [1.807, 2.05) is 67.5 Å². The van der Waals surface area contributed by atoms with Crippen molar-refractivity contribution in [3.63, 3.8) is 0 Å². The second-order valence-electron chi connectivity index (χ2n) is 7.28. The number of rotatable bonds is 6. The number of anilines is 1. The van der Waals surface area contributed by atoms with Crippen LogP contribution in [0.4, 0.5) is 5.69 Å². The molecule has 1 heterocycles. The number of benzene rings is 2. The molecule has 0 spiro atoms. The predicted molar refractivity (Wildman–Crippen MR) is 108 cm³/mol. The van der Waals surface area contributed by atoms with Crippen LogP contribution in [0.3, 0.4) is 0 Å². The Morgan fingerprint density at radius 1 is 1.04 bits per heavy atom. The van der Waals surface area contributed by atoms with Crippen LogP contribution in [0.15, 0.2) is 48.5 Å². The fourth-order valence-corrected chi connectivity index (χ4v) is 3.42. The molecule has 0 aliphatic carbocycles. The molecule has 0 atom stereocenters. The van der Waals surface area contributed by atoms with E-state index in [0.717, 1.165) is 29.8 Å². The summed E-state index contributed by atoms with van der Waals surface area (Å²) in [6.07, 6.45) is 0.798. The zero-order valence-corrected chi connectivity index (χ0v) is 16.3. The first-order valence-corrected chi connectivity index (χ1v) is 9.34. The molecule has 27 heavy (non-hydrogen) atoms. The lowest BCUT2D eigenvalue weighted by Gasteiger charge is -2.25. The first kappa shape index (κ1) is 19.1. The van der Waals surface area contributed by atoms with Gasteiger partial charge in [-0.05, 0) is 49.8 Å². The van der Waals surface area contributed by atoms with Crippen LogP contribution in [0.2, 0.25) is 0 Å². The van der Waals surface area contributed by atoms with E-state index in [1.165, 1.54) is 0 Å². The molecule has 0 aromatic heterocycles. The topological polar surface area (TPSA) is 43.9 Å². The van der Waals surface area contributed by atoms with Gasteiger partial charge in [0, 0.05) is 44.4 Å². The van der Waals surface area contributed by atoms with Crippen LogP contribution < -0.4 is 4.90 Å². The summed E-state index contributed by atoms with van der Waals surface area (Å²) in [5, 5.41) is 0. The van der Waals surface area contributed by atoms with Crippen LogP contribution in [0.1, 0.15) is 28.4 Å². The van der Waals surface area contributed by atoms with Crippen molar-refractivity contribution >= 4 is 17.5 Å². The van der Waals surface area contributed by atoms with Gasteiger partial charge in [-0.1, -0.05) is 30.3 Å². The second-order valence-corrected chi connectivity index (χ2v) is 7.28. The van der Waals surface area contributed by atoms with E-state index in [4.69, 9.17) is 0 Å². The summed E-state index contributed by atoms with van der Waals surface area (Å²) in [6, 6.07) is 15.8. The van der Waals surface area contributed by atoms with E-state index >= 15 is 0 Å². The van der Waals surface area contributed by atoms with Gasteiger partial charge in [-0.2, -0.15) is 0 Å². The third-order valence-electron chi connectivity index (χ3n) is 4.92. The van der Waals surface area contributed by atoms with E-state index in [9.17, 15) is 9.59 Å². The Kier molecular flexibility index (Phi) is 5.91. The van der Waals surface area contributed by atoms with Gasteiger partial charge in [0.2, 0.25) is 5.91 Å². The number of hydrogen-bond acceptors (Lipinski definition) is 3. The Morgan fingerprint density at radius 3 is 2.44 bits per heavy atom. The summed E-state index contributed by atoms with van der Waals surface area (Å²) in [7, 11) is 4.02. The highest BCUT2D eigenvalue weighted by Gasteiger charge is 2.24. The molecule has 0 saturated heterocycles. The lowest BCUT2D eigenvalue weighted by Crippen LogP contribution is -2.36. The van der Waals surface area contributed by atoms with E-state index in [2.05, 4.69) is 4.90 Å². The molecular formula is C22H27N3O2. The summed E-state index contributed by atoms with van der Waals surface area (Å²) in [5.74, 6) is 0.0780. The highest BCUT2D eigenvalue weighted by Crippen LogP contribution is 2.29. The number of fused-ring (bicyclic) bond motifs is 1. The molecule has 0 radical (unpaired) electrons. The molecule has 1 aliphatic heterocycles.